The predicted molar refractivity (Wildman–Crippen MR) is 69.5 cm³/mol. The minimum Gasteiger partial charge on any atom is -0.481 e. The maximum atomic E-state index is 12.2. The van der Waals surface area contributed by atoms with Crippen LogP contribution >= 0.6 is 0 Å². The normalized spacial score (nSPS) is 30.3. The van der Waals surface area contributed by atoms with Gasteiger partial charge in [-0.15, -0.1) is 0 Å². The first-order valence-corrected chi connectivity index (χ1v) is 7.14. The average molecular weight is 269 g/mol. The van der Waals surface area contributed by atoms with Crippen molar-refractivity contribution >= 4 is 11.9 Å². The van der Waals surface area contributed by atoms with E-state index < -0.39 is 17.5 Å². The quantitative estimate of drug-likeness (QED) is 0.808. The van der Waals surface area contributed by atoms with Crippen LogP contribution in [0.15, 0.2) is 0 Å². The summed E-state index contributed by atoms with van der Waals surface area (Å²) in [5.74, 6) is -1.09. The first kappa shape index (κ1) is 14.3. The van der Waals surface area contributed by atoms with E-state index in [0.29, 0.717) is 13.0 Å². The van der Waals surface area contributed by atoms with Crippen LogP contribution in [0.5, 0.6) is 0 Å². The summed E-state index contributed by atoms with van der Waals surface area (Å²) in [6.45, 7) is 2.31. The Bertz CT molecular complexity index is 364. The molecule has 1 aliphatic heterocycles. The molecule has 0 aromatic carbocycles. The number of carboxylic acids is 1. The summed E-state index contributed by atoms with van der Waals surface area (Å²) in [5, 5.41) is 19.3. The summed E-state index contributed by atoms with van der Waals surface area (Å²) in [6.07, 6.45) is 4.64. The fourth-order valence-electron chi connectivity index (χ4n) is 3.16. The summed E-state index contributed by atoms with van der Waals surface area (Å²) in [5.41, 5.74) is -0.859. The molecule has 0 bridgehead atoms. The lowest BCUT2D eigenvalue weighted by Crippen LogP contribution is -2.43. The Kier molecular flexibility index (Phi) is 4.13. The number of amides is 1. The topological polar surface area (TPSA) is 77.8 Å². The Balaban J connectivity index is 1.95. The highest BCUT2D eigenvalue weighted by molar-refractivity contribution is 5.83. The molecule has 1 heterocycles. The number of nitrogens with zero attached hydrogens (tertiary/aromatic N) is 1. The van der Waals surface area contributed by atoms with Crippen molar-refractivity contribution in [2.75, 3.05) is 13.1 Å². The van der Waals surface area contributed by atoms with Gasteiger partial charge in [0.15, 0.2) is 0 Å². The van der Waals surface area contributed by atoms with Crippen molar-refractivity contribution in [2.45, 2.75) is 51.6 Å². The van der Waals surface area contributed by atoms with Gasteiger partial charge in [0, 0.05) is 13.1 Å². The SMILES string of the molecule is CC1(C(=O)O)CCN(C(=O)C(O)C2CCCCC2)C1. The lowest BCUT2D eigenvalue weighted by molar-refractivity contribution is -0.148. The van der Waals surface area contributed by atoms with Crippen molar-refractivity contribution in [3.05, 3.63) is 0 Å². The number of aliphatic hydroxyl groups excluding tert-OH is 1. The van der Waals surface area contributed by atoms with E-state index in [-0.39, 0.29) is 18.4 Å². The fourth-order valence-corrected chi connectivity index (χ4v) is 3.16. The molecule has 2 rings (SSSR count). The fraction of sp³-hybridized carbons (Fsp3) is 0.857. The molecule has 0 spiro atoms. The van der Waals surface area contributed by atoms with Gasteiger partial charge in [0.2, 0.25) is 0 Å². The highest BCUT2D eigenvalue weighted by atomic mass is 16.4. The van der Waals surface area contributed by atoms with E-state index in [2.05, 4.69) is 0 Å². The van der Waals surface area contributed by atoms with Crippen LogP contribution < -0.4 is 0 Å². The molecule has 2 aliphatic rings. The van der Waals surface area contributed by atoms with Gasteiger partial charge in [0.25, 0.3) is 5.91 Å². The van der Waals surface area contributed by atoms with Crippen molar-refractivity contribution in [1.29, 1.82) is 0 Å². The third kappa shape index (κ3) is 2.91. The molecule has 2 atom stereocenters. The monoisotopic (exact) mass is 269 g/mol. The maximum absolute atomic E-state index is 12.2. The molecule has 0 aromatic heterocycles. The average Bonchev–Trinajstić information content (AvgIpc) is 2.82. The Labute approximate surface area is 113 Å². The van der Waals surface area contributed by atoms with Crippen molar-refractivity contribution in [2.24, 2.45) is 11.3 Å². The maximum Gasteiger partial charge on any atom is 0.311 e. The second-order valence-corrected chi connectivity index (χ2v) is 6.22. The first-order chi connectivity index (χ1) is 8.94. The van der Waals surface area contributed by atoms with Gasteiger partial charge in [-0.1, -0.05) is 19.3 Å². The van der Waals surface area contributed by atoms with Crippen LogP contribution in [0.1, 0.15) is 45.4 Å². The molecule has 0 aromatic rings. The zero-order chi connectivity index (χ0) is 14.0. The van der Waals surface area contributed by atoms with Crippen LogP contribution in [0, 0.1) is 11.3 Å². The van der Waals surface area contributed by atoms with Gasteiger partial charge < -0.3 is 15.1 Å². The van der Waals surface area contributed by atoms with Gasteiger partial charge in [-0.3, -0.25) is 9.59 Å². The number of rotatable bonds is 3. The van der Waals surface area contributed by atoms with E-state index >= 15 is 0 Å². The van der Waals surface area contributed by atoms with Gasteiger partial charge >= 0.3 is 5.97 Å². The molecule has 2 N–H and O–H groups in total. The molecule has 2 unspecified atom stereocenters. The number of likely N-dealkylation sites (tertiary alicyclic amines) is 1. The molecule has 19 heavy (non-hydrogen) atoms. The highest BCUT2D eigenvalue weighted by Crippen LogP contribution is 2.32. The molecule has 5 nitrogen and oxygen atoms in total. The van der Waals surface area contributed by atoms with Gasteiger partial charge in [0.1, 0.15) is 6.10 Å². The Morgan fingerprint density at radius 3 is 2.42 bits per heavy atom. The molecule has 1 amide bonds. The summed E-state index contributed by atoms with van der Waals surface area (Å²) in [7, 11) is 0. The zero-order valence-electron chi connectivity index (χ0n) is 11.5. The highest BCUT2D eigenvalue weighted by Gasteiger charge is 2.44. The summed E-state index contributed by atoms with van der Waals surface area (Å²) < 4.78 is 0. The van der Waals surface area contributed by atoms with Gasteiger partial charge in [-0.2, -0.15) is 0 Å². The van der Waals surface area contributed by atoms with E-state index in [0.717, 1.165) is 25.7 Å². The van der Waals surface area contributed by atoms with Crippen molar-refractivity contribution in [3.8, 4) is 0 Å². The van der Waals surface area contributed by atoms with E-state index in [1.807, 2.05) is 0 Å². The largest absolute Gasteiger partial charge is 0.481 e. The Hall–Kier alpha value is -1.10. The molecule has 5 heteroatoms. The lowest BCUT2D eigenvalue weighted by atomic mass is 9.85. The Morgan fingerprint density at radius 2 is 1.89 bits per heavy atom. The molecule has 1 aliphatic carbocycles. The minimum atomic E-state index is -0.948. The summed E-state index contributed by atoms with van der Waals surface area (Å²) >= 11 is 0. The summed E-state index contributed by atoms with van der Waals surface area (Å²) in [4.78, 5) is 24.9. The number of carboxylic acid groups (broad SMARTS) is 1. The zero-order valence-corrected chi connectivity index (χ0v) is 11.5. The number of hydrogen-bond acceptors (Lipinski definition) is 3. The van der Waals surface area contributed by atoms with Crippen molar-refractivity contribution in [3.63, 3.8) is 0 Å². The lowest BCUT2D eigenvalue weighted by Gasteiger charge is -2.29. The standard InChI is InChI=1S/C14H23NO4/c1-14(13(18)19)7-8-15(9-14)12(17)11(16)10-5-3-2-4-6-10/h10-11,16H,2-9H2,1H3,(H,18,19). The minimum absolute atomic E-state index is 0.0536. The second kappa shape index (κ2) is 5.49. The van der Waals surface area contributed by atoms with Crippen LogP contribution in [0.25, 0.3) is 0 Å². The third-order valence-electron chi connectivity index (χ3n) is 4.65. The number of aliphatic carboxylic acids is 1. The smallest absolute Gasteiger partial charge is 0.311 e. The number of aliphatic hydroxyl groups is 1. The van der Waals surface area contributed by atoms with Crippen molar-refractivity contribution in [1.82, 2.24) is 4.90 Å². The van der Waals surface area contributed by atoms with Crippen LogP contribution in [0.3, 0.4) is 0 Å². The molecule has 1 saturated carbocycles. The van der Waals surface area contributed by atoms with Crippen LogP contribution in [-0.2, 0) is 9.59 Å². The van der Waals surface area contributed by atoms with Crippen LogP contribution in [0.2, 0.25) is 0 Å². The first-order valence-electron chi connectivity index (χ1n) is 7.14. The van der Waals surface area contributed by atoms with E-state index in [1.54, 1.807) is 6.92 Å². The molecule has 108 valence electrons. The molecule has 0 radical (unpaired) electrons. The number of carbonyl (C=O) groups is 2. The number of carbonyl (C=O) groups excluding carboxylic acids is 1. The van der Waals surface area contributed by atoms with Gasteiger partial charge in [0.05, 0.1) is 5.41 Å². The third-order valence-corrected chi connectivity index (χ3v) is 4.65. The van der Waals surface area contributed by atoms with Crippen molar-refractivity contribution < 1.29 is 19.8 Å². The number of hydrogen-bond donors (Lipinski definition) is 2. The van der Waals surface area contributed by atoms with Crippen LogP contribution in [0.4, 0.5) is 0 Å². The molecular weight excluding hydrogens is 246 g/mol. The second-order valence-electron chi connectivity index (χ2n) is 6.22. The van der Waals surface area contributed by atoms with Gasteiger partial charge in [-0.05, 0) is 32.1 Å². The van der Waals surface area contributed by atoms with E-state index in [1.165, 1.54) is 11.3 Å². The van der Waals surface area contributed by atoms with Crippen LogP contribution in [-0.4, -0.2) is 46.2 Å². The van der Waals surface area contributed by atoms with Gasteiger partial charge in [-0.25, -0.2) is 0 Å². The summed E-state index contributed by atoms with van der Waals surface area (Å²) in [6, 6.07) is 0. The Morgan fingerprint density at radius 1 is 1.26 bits per heavy atom. The predicted octanol–water partition coefficient (Wildman–Crippen LogP) is 1.25. The van der Waals surface area contributed by atoms with E-state index in [9.17, 15) is 14.7 Å². The molecular formula is C14H23NO4. The van der Waals surface area contributed by atoms with E-state index in [4.69, 9.17) is 5.11 Å². The molecule has 2 fully saturated rings. The molecule has 1 saturated heterocycles.